The Morgan fingerprint density at radius 3 is 2.96 bits per heavy atom. The van der Waals surface area contributed by atoms with Crippen LogP contribution in [0, 0.1) is 23.1 Å². The minimum atomic E-state index is -0.438. The van der Waals surface area contributed by atoms with Gasteiger partial charge < -0.3 is 15.0 Å². The van der Waals surface area contributed by atoms with Gasteiger partial charge in [-0.1, -0.05) is 6.07 Å². The lowest BCUT2D eigenvalue weighted by Gasteiger charge is -2.34. The van der Waals surface area contributed by atoms with E-state index in [1.807, 2.05) is 17.9 Å². The second-order valence-corrected chi connectivity index (χ2v) is 6.13. The van der Waals surface area contributed by atoms with E-state index in [4.69, 9.17) is 10.00 Å². The van der Waals surface area contributed by atoms with E-state index < -0.39 is 5.82 Å². The topological polar surface area (TPSA) is 77.7 Å². The van der Waals surface area contributed by atoms with E-state index in [0.717, 1.165) is 19.4 Å². The first-order chi connectivity index (χ1) is 12.6. The van der Waals surface area contributed by atoms with Gasteiger partial charge in [-0.05, 0) is 38.8 Å². The Morgan fingerprint density at radius 2 is 2.31 bits per heavy atom. The molecule has 0 bridgehead atoms. The van der Waals surface area contributed by atoms with Crippen LogP contribution in [0.4, 0.5) is 4.39 Å². The number of likely N-dealkylation sites (tertiary alicyclic amines) is 1. The molecule has 1 N–H and O–H groups in total. The molecule has 0 unspecified atom stereocenters. The Labute approximate surface area is 153 Å². The second kappa shape index (κ2) is 9.76. The maximum Gasteiger partial charge on any atom is 0.310 e. The third kappa shape index (κ3) is 5.19. The van der Waals surface area contributed by atoms with E-state index in [1.54, 1.807) is 19.1 Å². The molecule has 2 rings (SSSR count). The zero-order valence-corrected chi connectivity index (χ0v) is 15.3. The van der Waals surface area contributed by atoms with Crippen molar-refractivity contribution in [2.24, 2.45) is 10.9 Å². The molecule has 0 aliphatic carbocycles. The Morgan fingerprint density at radius 1 is 1.50 bits per heavy atom. The fraction of sp³-hybridized carbons (Fsp3) is 0.526. The molecule has 0 aromatic heterocycles. The number of benzene rings is 1. The Balaban J connectivity index is 2.10. The molecule has 140 valence electrons. The van der Waals surface area contributed by atoms with Crippen molar-refractivity contribution in [3.63, 3.8) is 0 Å². The molecule has 7 heteroatoms. The number of rotatable bonds is 5. The molecule has 1 heterocycles. The number of carbonyl (C=O) groups excluding carboxylic acids is 1. The average Bonchev–Trinajstić information content (AvgIpc) is 2.66. The van der Waals surface area contributed by atoms with Crippen LogP contribution >= 0.6 is 0 Å². The summed E-state index contributed by atoms with van der Waals surface area (Å²) < 4.78 is 19.2. The fourth-order valence-corrected chi connectivity index (χ4v) is 2.95. The van der Waals surface area contributed by atoms with Crippen molar-refractivity contribution in [1.82, 2.24) is 10.2 Å². The Bertz CT molecular complexity index is 699. The minimum absolute atomic E-state index is 0.167. The van der Waals surface area contributed by atoms with E-state index in [2.05, 4.69) is 10.3 Å². The number of hydrogen-bond donors (Lipinski definition) is 1. The smallest absolute Gasteiger partial charge is 0.310 e. The monoisotopic (exact) mass is 360 g/mol. The first-order valence-electron chi connectivity index (χ1n) is 8.97. The van der Waals surface area contributed by atoms with Crippen molar-refractivity contribution < 1.29 is 13.9 Å². The lowest BCUT2D eigenvalue weighted by molar-refractivity contribution is -0.149. The molecule has 1 aliphatic heterocycles. The van der Waals surface area contributed by atoms with Crippen LogP contribution in [0.25, 0.3) is 0 Å². The number of carbonyl (C=O) groups is 1. The van der Waals surface area contributed by atoms with Crippen LogP contribution in [0.3, 0.4) is 0 Å². The summed E-state index contributed by atoms with van der Waals surface area (Å²) >= 11 is 0. The molecule has 0 amide bonds. The summed E-state index contributed by atoms with van der Waals surface area (Å²) in [5, 5.41) is 12.0. The van der Waals surface area contributed by atoms with E-state index in [9.17, 15) is 9.18 Å². The first kappa shape index (κ1) is 19.7. The third-order valence-corrected chi connectivity index (χ3v) is 4.26. The van der Waals surface area contributed by atoms with E-state index in [1.165, 1.54) is 6.07 Å². The average molecular weight is 360 g/mol. The van der Waals surface area contributed by atoms with Crippen LogP contribution < -0.4 is 5.32 Å². The van der Waals surface area contributed by atoms with Crippen molar-refractivity contribution >= 4 is 11.9 Å². The van der Waals surface area contributed by atoms with Gasteiger partial charge in [-0.2, -0.15) is 5.26 Å². The van der Waals surface area contributed by atoms with Gasteiger partial charge in [0.15, 0.2) is 5.96 Å². The number of ether oxygens (including phenoxy) is 1. The highest BCUT2D eigenvalue weighted by Gasteiger charge is 2.28. The molecule has 0 saturated carbocycles. The number of guanidine groups is 1. The number of nitrogens with zero attached hydrogens (tertiary/aromatic N) is 3. The lowest BCUT2D eigenvalue weighted by atomic mass is 9.98. The standard InChI is InChI=1S/C19H25FN4O2/c1-3-22-19(23-12-15-8-7-14(11-21)10-17(15)20)24-9-5-6-16(13-24)18(25)26-4-2/h7-8,10,16H,3-6,9,12-13H2,1-2H3,(H,22,23)/t16-/m0/s1. The van der Waals surface area contributed by atoms with Gasteiger partial charge in [-0.3, -0.25) is 4.79 Å². The fourth-order valence-electron chi connectivity index (χ4n) is 2.95. The van der Waals surface area contributed by atoms with Crippen LogP contribution in [0.5, 0.6) is 0 Å². The van der Waals surface area contributed by atoms with Gasteiger partial charge in [-0.25, -0.2) is 9.38 Å². The molecule has 0 radical (unpaired) electrons. The largest absolute Gasteiger partial charge is 0.466 e. The molecule has 26 heavy (non-hydrogen) atoms. The van der Waals surface area contributed by atoms with Crippen molar-refractivity contribution in [1.29, 1.82) is 5.26 Å². The SMILES string of the molecule is CCNC(=NCc1ccc(C#N)cc1F)N1CCC[C@H](C(=O)OCC)C1. The van der Waals surface area contributed by atoms with Crippen LogP contribution in [0.2, 0.25) is 0 Å². The predicted octanol–water partition coefficient (Wildman–Crippen LogP) is 2.44. The number of hydrogen-bond acceptors (Lipinski definition) is 4. The van der Waals surface area contributed by atoms with Crippen molar-refractivity contribution in [3.05, 3.63) is 35.1 Å². The van der Waals surface area contributed by atoms with Gasteiger partial charge in [0.05, 0.1) is 30.7 Å². The second-order valence-electron chi connectivity index (χ2n) is 6.13. The summed E-state index contributed by atoms with van der Waals surface area (Å²) in [7, 11) is 0. The van der Waals surface area contributed by atoms with Gasteiger partial charge in [0.1, 0.15) is 5.82 Å². The van der Waals surface area contributed by atoms with Crippen molar-refractivity contribution in [2.75, 3.05) is 26.2 Å². The molecule has 0 spiro atoms. The molecule has 1 aromatic rings. The van der Waals surface area contributed by atoms with Crippen LogP contribution in [-0.4, -0.2) is 43.1 Å². The van der Waals surface area contributed by atoms with E-state index in [0.29, 0.717) is 31.2 Å². The number of piperidine rings is 1. The van der Waals surface area contributed by atoms with Crippen LogP contribution in [0.1, 0.15) is 37.8 Å². The summed E-state index contributed by atoms with van der Waals surface area (Å²) in [6, 6.07) is 6.30. The molecule has 1 aromatic carbocycles. The number of halogens is 1. The maximum atomic E-state index is 14.1. The van der Waals surface area contributed by atoms with Crippen molar-refractivity contribution in [2.45, 2.75) is 33.2 Å². The van der Waals surface area contributed by atoms with Gasteiger partial charge in [0.2, 0.25) is 0 Å². The maximum absolute atomic E-state index is 14.1. The van der Waals surface area contributed by atoms with Crippen LogP contribution in [-0.2, 0) is 16.1 Å². The summed E-state index contributed by atoms with van der Waals surface area (Å²) in [4.78, 5) is 18.6. The van der Waals surface area contributed by atoms with Gasteiger partial charge in [0.25, 0.3) is 0 Å². The third-order valence-electron chi connectivity index (χ3n) is 4.26. The number of nitrogens with one attached hydrogen (secondary N) is 1. The van der Waals surface area contributed by atoms with E-state index >= 15 is 0 Å². The number of aliphatic imine (C=N–C) groups is 1. The predicted molar refractivity (Wildman–Crippen MR) is 96.9 cm³/mol. The summed E-state index contributed by atoms with van der Waals surface area (Å²) in [5.41, 5.74) is 0.716. The van der Waals surface area contributed by atoms with E-state index in [-0.39, 0.29) is 24.0 Å². The summed E-state index contributed by atoms with van der Waals surface area (Å²) in [6.07, 6.45) is 1.68. The van der Waals surface area contributed by atoms with Gasteiger partial charge in [0, 0.05) is 25.2 Å². The highest BCUT2D eigenvalue weighted by Crippen LogP contribution is 2.18. The Hall–Kier alpha value is -2.62. The molecular weight excluding hydrogens is 335 g/mol. The van der Waals surface area contributed by atoms with Crippen LogP contribution in [0.15, 0.2) is 23.2 Å². The lowest BCUT2D eigenvalue weighted by Crippen LogP contribution is -2.48. The zero-order valence-electron chi connectivity index (χ0n) is 15.3. The summed E-state index contributed by atoms with van der Waals surface area (Å²) in [5.74, 6) is -0.123. The Kier molecular flexibility index (Phi) is 7.39. The number of nitriles is 1. The molecule has 1 saturated heterocycles. The van der Waals surface area contributed by atoms with Crippen molar-refractivity contribution in [3.8, 4) is 6.07 Å². The van der Waals surface area contributed by atoms with Gasteiger partial charge in [-0.15, -0.1) is 0 Å². The molecule has 1 fully saturated rings. The zero-order chi connectivity index (χ0) is 18.9. The molecule has 1 atom stereocenters. The summed E-state index contributed by atoms with van der Waals surface area (Å²) in [6.45, 7) is 6.32. The highest BCUT2D eigenvalue weighted by atomic mass is 19.1. The quantitative estimate of drug-likeness (QED) is 0.496. The minimum Gasteiger partial charge on any atom is -0.466 e. The first-order valence-corrected chi connectivity index (χ1v) is 8.97. The molecule has 1 aliphatic rings. The normalized spacial score (nSPS) is 17.5. The molecular formula is C19H25FN4O2. The highest BCUT2D eigenvalue weighted by molar-refractivity contribution is 5.81. The molecule has 6 nitrogen and oxygen atoms in total. The number of esters is 1. The van der Waals surface area contributed by atoms with Gasteiger partial charge >= 0.3 is 5.97 Å².